The lowest BCUT2D eigenvalue weighted by Crippen LogP contribution is -2.15. The van der Waals surface area contributed by atoms with Crippen LogP contribution in [0.4, 0.5) is 11.4 Å². The molecule has 162 valence electrons. The zero-order valence-electron chi connectivity index (χ0n) is 16.2. The molecule has 0 fully saturated rings. The zero-order valence-corrected chi connectivity index (χ0v) is 17.7. The van der Waals surface area contributed by atoms with Crippen LogP contribution in [0.3, 0.4) is 0 Å². The second-order valence-corrected chi connectivity index (χ2v) is 7.31. The molecule has 0 saturated carbocycles. The first kappa shape index (κ1) is 22.9. The number of nitrogens with zero attached hydrogens (tertiary/aromatic N) is 1. The third-order valence-corrected chi connectivity index (χ3v) is 4.81. The molecular formula is C22H14Cl2N2O6. The number of benzene rings is 3. The van der Waals surface area contributed by atoms with Crippen LogP contribution in [0.1, 0.15) is 31.1 Å². The molecule has 0 radical (unpaired) electrons. The van der Waals surface area contributed by atoms with Gasteiger partial charge >= 0.3 is 5.97 Å². The minimum absolute atomic E-state index is 0.113. The quantitative estimate of drug-likeness (QED) is 0.219. The summed E-state index contributed by atoms with van der Waals surface area (Å²) in [6.45, 7) is -0.548. The number of halogens is 2. The number of esters is 1. The van der Waals surface area contributed by atoms with Gasteiger partial charge in [-0.15, -0.1) is 0 Å². The Hall–Kier alpha value is -3.75. The fraction of sp³-hybridized carbons (Fsp3) is 0.0455. The molecule has 8 nitrogen and oxygen atoms in total. The molecule has 10 heteroatoms. The number of ether oxygens (including phenoxy) is 1. The topological polar surface area (TPSA) is 116 Å². The molecule has 0 aliphatic heterocycles. The smallest absolute Gasteiger partial charge is 0.338 e. The van der Waals surface area contributed by atoms with E-state index in [1.807, 2.05) is 0 Å². The molecular weight excluding hydrogens is 459 g/mol. The molecule has 0 saturated heterocycles. The van der Waals surface area contributed by atoms with Crippen molar-refractivity contribution in [3.63, 3.8) is 0 Å². The number of non-ortho nitro benzene ring substituents is 1. The third-order valence-electron chi connectivity index (χ3n) is 4.27. The summed E-state index contributed by atoms with van der Waals surface area (Å²) in [6, 6.07) is 15.3. The molecule has 1 amide bonds. The summed E-state index contributed by atoms with van der Waals surface area (Å²) >= 11 is 11.9. The summed E-state index contributed by atoms with van der Waals surface area (Å²) in [5.74, 6) is -1.79. The number of nitro groups is 1. The average molecular weight is 473 g/mol. The van der Waals surface area contributed by atoms with E-state index < -0.39 is 29.2 Å². The van der Waals surface area contributed by atoms with Gasteiger partial charge in [-0.2, -0.15) is 0 Å². The van der Waals surface area contributed by atoms with Crippen molar-refractivity contribution in [2.75, 3.05) is 11.9 Å². The van der Waals surface area contributed by atoms with E-state index in [0.717, 1.165) is 0 Å². The fourth-order valence-corrected chi connectivity index (χ4v) is 3.16. The molecule has 0 spiro atoms. The Morgan fingerprint density at radius 3 is 2.31 bits per heavy atom. The van der Waals surface area contributed by atoms with Crippen molar-refractivity contribution in [1.82, 2.24) is 0 Å². The first-order valence-corrected chi connectivity index (χ1v) is 9.81. The fourth-order valence-electron chi connectivity index (χ4n) is 2.66. The van der Waals surface area contributed by atoms with Gasteiger partial charge < -0.3 is 10.1 Å². The molecule has 0 aliphatic rings. The molecule has 0 bridgehead atoms. The monoisotopic (exact) mass is 472 g/mol. The van der Waals surface area contributed by atoms with E-state index in [9.17, 15) is 24.5 Å². The number of hydrogen-bond acceptors (Lipinski definition) is 6. The van der Waals surface area contributed by atoms with Gasteiger partial charge in [-0.3, -0.25) is 19.7 Å². The minimum Gasteiger partial charge on any atom is -0.454 e. The lowest BCUT2D eigenvalue weighted by molar-refractivity contribution is -0.384. The van der Waals surface area contributed by atoms with Crippen LogP contribution in [0, 0.1) is 10.1 Å². The first-order chi connectivity index (χ1) is 15.2. The molecule has 0 unspecified atom stereocenters. The van der Waals surface area contributed by atoms with Gasteiger partial charge in [0.25, 0.3) is 11.6 Å². The maximum Gasteiger partial charge on any atom is 0.338 e. The van der Waals surface area contributed by atoms with Crippen molar-refractivity contribution in [1.29, 1.82) is 0 Å². The number of hydrogen-bond donors (Lipinski definition) is 1. The van der Waals surface area contributed by atoms with Crippen LogP contribution in [-0.2, 0) is 4.74 Å². The second kappa shape index (κ2) is 10.0. The Morgan fingerprint density at radius 2 is 1.66 bits per heavy atom. The molecule has 0 atom stereocenters. The molecule has 3 aromatic rings. The van der Waals surface area contributed by atoms with Gasteiger partial charge in [0, 0.05) is 28.4 Å². The molecule has 1 N–H and O–H groups in total. The number of rotatable bonds is 7. The summed E-state index contributed by atoms with van der Waals surface area (Å²) in [6.07, 6.45) is 0. The highest BCUT2D eigenvalue weighted by molar-refractivity contribution is 6.37. The Morgan fingerprint density at radius 1 is 0.938 bits per heavy atom. The standard InChI is InChI=1S/C22H14Cl2N2O6/c23-15-6-9-18(19(24)11-15)21(28)25-16-3-1-2-14(10-16)22(29)32-12-20(27)13-4-7-17(8-5-13)26(30)31/h1-11H,12H2,(H,25,28). The van der Waals surface area contributed by atoms with Crippen molar-refractivity contribution >= 4 is 52.2 Å². The van der Waals surface area contributed by atoms with Crippen LogP contribution in [0.15, 0.2) is 66.7 Å². The van der Waals surface area contributed by atoms with Crippen molar-refractivity contribution in [2.24, 2.45) is 0 Å². The number of carbonyl (C=O) groups is 3. The molecule has 3 rings (SSSR count). The number of nitro benzene ring substituents is 1. The largest absolute Gasteiger partial charge is 0.454 e. The zero-order chi connectivity index (χ0) is 23.3. The van der Waals surface area contributed by atoms with E-state index >= 15 is 0 Å². The van der Waals surface area contributed by atoms with Gasteiger partial charge in [-0.1, -0.05) is 29.3 Å². The van der Waals surface area contributed by atoms with Crippen LogP contribution in [0.25, 0.3) is 0 Å². The predicted molar refractivity (Wildman–Crippen MR) is 119 cm³/mol. The number of anilines is 1. The highest BCUT2D eigenvalue weighted by Gasteiger charge is 2.15. The molecule has 0 aromatic heterocycles. The van der Waals surface area contributed by atoms with Crippen LogP contribution in [0.5, 0.6) is 0 Å². The molecule has 0 aliphatic carbocycles. The Balaban J connectivity index is 1.62. The van der Waals surface area contributed by atoms with Crippen molar-refractivity contribution < 1.29 is 24.0 Å². The van der Waals surface area contributed by atoms with E-state index in [-0.39, 0.29) is 27.4 Å². The van der Waals surface area contributed by atoms with Gasteiger partial charge in [0.05, 0.1) is 21.1 Å². The van der Waals surface area contributed by atoms with Gasteiger partial charge in [0.15, 0.2) is 12.4 Å². The van der Waals surface area contributed by atoms with Gasteiger partial charge in [0.2, 0.25) is 0 Å². The Kier molecular flexibility index (Phi) is 7.19. The number of Topliss-reactive ketones (excluding diaryl/α,β-unsaturated/α-hetero) is 1. The Labute approximate surface area is 191 Å². The molecule has 32 heavy (non-hydrogen) atoms. The summed E-state index contributed by atoms with van der Waals surface area (Å²) in [7, 11) is 0. The molecule has 0 heterocycles. The summed E-state index contributed by atoms with van der Waals surface area (Å²) in [4.78, 5) is 47.0. The summed E-state index contributed by atoms with van der Waals surface area (Å²) < 4.78 is 5.03. The summed E-state index contributed by atoms with van der Waals surface area (Å²) in [5.41, 5.74) is 0.651. The highest BCUT2D eigenvalue weighted by atomic mass is 35.5. The SMILES string of the molecule is O=C(COC(=O)c1cccc(NC(=O)c2ccc(Cl)cc2Cl)c1)c1ccc([N+](=O)[O-])cc1. The minimum atomic E-state index is -0.777. The Bertz CT molecular complexity index is 1210. The van der Waals surface area contributed by atoms with Crippen molar-refractivity contribution in [2.45, 2.75) is 0 Å². The number of nitrogens with one attached hydrogen (secondary N) is 1. The van der Waals surface area contributed by atoms with Gasteiger partial charge in [0.1, 0.15) is 0 Å². The first-order valence-electron chi connectivity index (χ1n) is 9.06. The van der Waals surface area contributed by atoms with E-state index in [4.69, 9.17) is 27.9 Å². The van der Waals surface area contributed by atoms with E-state index in [1.165, 1.54) is 60.7 Å². The maximum absolute atomic E-state index is 12.4. The second-order valence-electron chi connectivity index (χ2n) is 6.46. The number of carbonyl (C=O) groups excluding carboxylic acids is 3. The van der Waals surface area contributed by atoms with Crippen LogP contribution in [0.2, 0.25) is 10.0 Å². The lowest BCUT2D eigenvalue weighted by Gasteiger charge is -2.09. The normalized spacial score (nSPS) is 10.3. The van der Waals surface area contributed by atoms with Gasteiger partial charge in [-0.25, -0.2) is 4.79 Å². The van der Waals surface area contributed by atoms with E-state index in [1.54, 1.807) is 6.07 Å². The lowest BCUT2D eigenvalue weighted by atomic mass is 10.1. The van der Waals surface area contributed by atoms with Crippen molar-refractivity contribution in [3.8, 4) is 0 Å². The molecule has 3 aromatic carbocycles. The third kappa shape index (κ3) is 5.69. The van der Waals surface area contributed by atoms with Gasteiger partial charge in [-0.05, 0) is 48.5 Å². The average Bonchev–Trinajstić information content (AvgIpc) is 2.77. The maximum atomic E-state index is 12.4. The van der Waals surface area contributed by atoms with E-state index in [0.29, 0.717) is 10.7 Å². The number of amides is 1. The van der Waals surface area contributed by atoms with Crippen LogP contribution in [-0.4, -0.2) is 29.2 Å². The summed E-state index contributed by atoms with van der Waals surface area (Å²) in [5, 5.41) is 13.9. The van der Waals surface area contributed by atoms with E-state index in [2.05, 4.69) is 5.32 Å². The number of ketones is 1. The van der Waals surface area contributed by atoms with Crippen LogP contribution < -0.4 is 5.32 Å². The predicted octanol–water partition coefficient (Wildman–Crippen LogP) is 5.19. The highest BCUT2D eigenvalue weighted by Crippen LogP contribution is 2.22. The van der Waals surface area contributed by atoms with Crippen molar-refractivity contribution in [3.05, 3.63) is 104 Å². The van der Waals surface area contributed by atoms with Crippen LogP contribution >= 0.6 is 23.2 Å².